The Hall–Kier alpha value is -2.29. The predicted molar refractivity (Wildman–Crippen MR) is 102 cm³/mol. The van der Waals surface area contributed by atoms with E-state index in [1.165, 1.54) is 16.4 Å². The number of anilines is 1. The summed E-state index contributed by atoms with van der Waals surface area (Å²) in [6.07, 6.45) is 2.79. The normalized spacial score (nSPS) is 31.2. The molecule has 1 aliphatic heterocycles. The highest BCUT2D eigenvalue weighted by atomic mass is 32.2. The molecule has 2 aromatic rings. The lowest BCUT2D eigenvalue weighted by atomic mass is 9.88. The fraction of sp³-hybridized carbons (Fsp3) is 0.400. The number of sulfonamides is 1. The number of benzene rings is 1. The fourth-order valence-corrected chi connectivity index (χ4v) is 6.98. The van der Waals surface area contributed by atoms with Crippen molar-refractivity contribution in [2.75, 3.05) is 11.9 Å². The first-order valence-corrected chi connectivity index (χ1v) is 10.9. The van der Waals surface area contributed by atoms with Gasteiger partial charge in [-0.05, 0) is 60.9 Å². The minimum Gasteiger partial charge on any atom is -0.391 e. The van der Waals surface area contributed by atoms with Crippen molar-refractivity contribution in [3.63, 3.8) is 0 Å². The van der Waals surface area contributed by atoms with E-state index in [-0.39, 0.29) is 28.3 Å². The molecule has 0 radical (unpaired) electrons. The van der Waals surface area contributed by atoms with E-state index in [1.54, 1.807) is 36.5 Å². The maximum Gasteiger partial charge on any atom is 0.256 e. The maximum atomic E-state index is 13.3. The number of pyridine rings is 1. The number of aliphatic hydroxyl groups is 1. The van der Waals surface area contributed by atoms with Crippen LogP contribution in [0.25, 0.3) is 0 Å². The molecule has 2 heterocycles. The second-order valence-corrected chi connectivity index (χ2v) is 9.80. The van der Waals surface area contributed by atoms with Gasteiger partial charge in [-0.1, -0.05) is 12.1 Å². The Balaban J connectivity index is 1.42. The van der Waals surface area contributed by atoms with E-state index in [9.17, 15) is 18.3 Å². The summed E-state index contributed by atoms with van der Waals surface area (Å²) >= 11 is 0. The van der Waals surface area contributed by atoms with Gasteiger partial charge >= 0.3 is 0 Å². The average Bonchev–Trinajstić information content (AvgIpc) is 3.32. The predicted octanol–water partition coefficient (Wildman–Crippen LogP) is 1.72. The number of nitrogens with zero attached hydrogens (tertiary/aromatic N) is 2. The van der Waals surface area contributed by atoms with Crippen molar-refractivity contribution in [2.45, 2.75) is 29.9 Å². The molecule has 1 saturated heterocycles. The van der Waals surface area contributed by atoms with Crippen molar-refractivity contribution in [1.82, 2.24) is 9.29 Å². The van der Waals surface area contributed by atoms with E-state index in [4.69, 9.17) is 0 Å². The highest BCUT2D eigenvalue weighted by Crippen LogP contribution is 2.56. The highest BCUT2D eigenvalue weighted by molar-refractivity contribution is 7.89. The van der Waals surface area contributed by atoms with Crippen molar-refractivity contribution in [1.29, 1.82) is 0 Å². The topological polar surface area (TPSA) is 99.6 Å². The largest absolute Gasteiger partial charge is 0.391 e. The van der Waals surface area contributed by atoms with Gasteiger partial charge in [0.05, 0.1) is 17.0 Å². The van der Waals surface area contributed by atoms with E-state index in [2.05, 4.69) is 10.3 Å². The average molecular weight is 399 g/mol. The summed E-state index contributed by atoms with van der Waals surface area (Å²) in [5, 5.41) is 13.2. The molecule has 28 heavy (non-hydrogen) atoms. The monoisotopic (exact) mass is 399 g/mol. The molecule has 5 rings (SSSR count). The number of rotatable bonds is 4. The van der Waals surface area contributed by atoms with Crippen LogP contribution in [-0.2, 0) is 10.0 Å². The molecule has 7 nitrogen and oxygen atoms in total. The van der Waals surface area contributed by atoms with Gasteiger partial charge in [-0.2, -0.15) is 4.31 Å². The molecule has 146 valence electrons. The molecule has 1 amide bonds. The van der Waals surface area contributed by atoms with Crippen LogP contribution in [0.15, 0.2) is 53.6 Å². The third kappa shape index (κ3) is 2.67. The molecule has 3 aliphatic rings. The molecule has 1 aromatic carbocycles. The van der Waals surface area contributed by atoms with Gasteiger partial charge in [-0.25, -0.2) is 13.4 Å². The van der Waals surface area contributed by atoms with Crippen LogP contribution >= 0.6 is 0 Å². The Kier molecular flexibility index (Phi) is 4.04. The molecular weight excluding hydrogens is 378 g/mol. The van der Waals surface area contributed by atoms with Gasteiger partial charge in [0.25, 0.3) is 5.91 Å². The summed E-state index contributed by atoms with van der Waals surface area (Å²) in [5.74, 6) is 0.792. The van der Waals surface area contributed by atoms with Crippen LogP contribution in [0.5, 0.6) is 0 Å². The molecule has 1 aromatic heterocycles. The van der Waals surface area contributed by atoms with Gasteiger partial charge < -0.3 is 10.4 Å². The van der Waals surface area contributed by atoms with Crippen LogP contribution in [0.2, 0.25) is 0 Å². The molecule has 5 atom stereocenters. The number of fused-ring (bicyclic) bond motifs is 1. The van der Waals surface area contributed by atoms with E-state index >= 15 is 0 Å². The van der Waals surface area contributed by atoms with Crippen molar-refractivity contribution >= 4 is 21.7 Å². The molecule has 0 unspecified atom stereocenters. The zero-order chi connectivity index (χ0) is 19.5. The van der Waals surface area contributed by atoms with Gasteiger partial charge in [-0.15, -0.1) is 0 Å². The number of carbonyl (C=O) groups excluding carboxylic acids is 1. The van der Waals surface area contributed by atoms with Crippen LogP contribution in [0.4, 0.5) is 5.82 Å². The summed E-state index contributed by atoms with van der Waals surface area (Å²) in [6, 6.07) is 10.9. The first kappa shape index (κ1) is 17.8. The number of aromatic nitrogens is 1. The van der Waals surface area contributed by atoms with E-state index in [0.29, 0.717) is 18.3 Å². The van der Waals surface area contributed by atoms with Crippen LogP contribution in [-0.4, -0.2) is 47.4 Å². The van der Waals surface area contributed by atoms with Crippen molar-refractivity contribution in [3.8, 4) is 0 Å². The van der Waals surface area contributed by atoms with Crippen LogP contribution in [0.3, 0.4) is 0 Å². The van der Waals surface area contributed by atoms with Gasteiger partial charge in [0.2, 0.25) is 10.0 Å². The van der Waals surface area contributed by atoms with Gasteiger partial charge in [0, 0.05) is 18.3 Å². The van der Waals surface area contributed by atoms with E-state index in [1.807, 2.05) is 0 Å². The Bertz CT molecular complexity index is 1020. The number of nitrogens with one attached hydrogen (secondary N) is 1. The zero-order valence-corrected chi connectivity index (χ0v) is 15.9. The van der Waals surface area contributed by atoms with Crippen molar-refractivity contribution < 1.29 is 18.3 Å². The minimum absolute atomic E-state index is 0.0816. The molecule has 2 aliphatic carbocycles. The number of carbonyl (C=O) groups is 1. The highest BCUT2D eigenvalue weighted by Gasteiger charge is 2.61. The van der Waals surface area contributed by atoms with E-state index < -0.39 is 22.0 Å². The summed E-state index contributed by atoms with van der Waals surface area (Å²) in [5.41, 5.74) is 0.249. The summed E-state index contributed by atoms with van der Waals surface area (Å²) in [4.78, 5) is 16.6. The Morgan fingerprint density at radius 3 is 2.75 bits per heavy atom. The SMILES string of the molecule is O=C(Nc1ccccn1)c1cccc(S(=O)(=O)N2C[C@@H]3C[C@H]4C[C@H]3[C@@H]2[C@H]4O)c1. The summed E-state index contributed by atoms with van der Waals surface area (Å²) < 4.78 is 28.0. The summed E-state index contributed by atoms with van der Waals surface area (Å²) in [6.45, 7) is 0.454. The standard InChI is InChI=1S/C20H21N3O4S/c24-19-13-8-14-11-23(18(19)16(14)10-13)28(26,27)15-5-3-4-12(9-15)20(25)22-17-6-1-2-7-21-17/h1-7,9,13-14,16,18-19,24H,8,10-11H2,(H,21,22,25)/t13-,14-,16+,18+,19-/m0/s1. The molecule has 2 saturated carbocycles. The number of aliphatic hydroxyl groups excluding tert-OH is 1. The second kappa shape index (κ2) is 6.37. The van der Waals surface area contributed by atoms with Crippen LogP contribution in [0, 0.1) is 17.8 Å². The zero-order valence-electron chi connectivity index (χ0n) is 15.1. The number of amides is 1. The molecule has 2 bridgehead atoms. The lowest BCUT2D eigenvalue weighted by Gasteiger charge is -2.28. The van der Waals surface area contributed by atoms with Crippen LogP contribution in [0.1, 0.15) is 23.2 Å². The first-order valence-electron chi connectivity index (χ1n) is 9.47. The maximum absolute atomic E-state index is 13.3. The lowest BCUT2D eigenvalue weighted by molar-refractivity contribution is 0.0731. The van der Waals surface area contributed by atoms with Crippen molar-refractivity contribution in [2.24, 2.45) is 17.8 Å². The third-order valence-electron chi connectivity index (χ3n) is 6.41. The smallest absolute Gasteiger partial charge is 0.256 e. The fourth-order valence-electron chi connectivity index (χ4n) is 5.19. The lowest BCUT2D eigenvalue weighted by Crippen LogP contribution is -2.43. The quantitative estimate of drug-likeness (QED) is 0.816. The van der Waals surface area contributed by atoms with Gasteiger partial charge in [0.1, 0.15) is 5.82 Å². The molecule has 0 spiro atoms. The van der Waals surface area contributed by atoms with Gasteiger partial charge in [0.15, 0.2) is 0 Å². The third-order valence-corrected chi connectivity index (χ3v) is 8.27. The molecule has 8 heteroatoms. The molecule has 3 fully saturated rings. The number of hydrogen-bond acceptors (Lipinski definition) is 5. The van der Waals surface area contributed by atoms with Gasteiger partial charge in [-0.3, -0.25) is 4.79 Å². The van der Waals surface area contributed by atoms with Crippen LogP contribution < -0.4 is 5.32 Å². The molecule has 2 N–H and O–H groups in total. The Morgan fingerprint density at radius 2 is 2.00 bits per heavy atom. The molecular formula is C20H21N3O4S. The minimum atomic E-state index is -3.78. The number of hydrogen-bond donors (Lipinski definition) is 2. The first-order chi connectivity index (χ1) is 13.4. The summed E-state index contributed by atoms with van der Waals surface area (Å²) in [7, 11) is -3.78. The van der Waals surface area contributed by atoms with Crippen molar-refractivity contribution in [3.05, 3.63) is 54.2 Å². The van der Waals surface area contributed by atoms with E-state index in [0.717, 1.165) is 12.8 Å². The Labute approximate surface area is 163 Å². The Morgan fingerprint density at radius 1 is 1.14 bits per heavy atom. The second-order valence-electron chi connectivity index (χ2n) is 7.91.